The van der Waals surface area contributed by atoms with Crippen molar-refractivity contribution in [3.8, 4) is 0 Å². The van der Waals surface area contributed by atoms with Crippen LogP contribution in [0, 0.1) is 13.8 Å². The van der Waals surface area contributed by atoms with Crippen LogP contribution in [0.1, 0.15) is 11.1 Å². The summed E-state index contributed by atoms with van der Waals surface area (Å²) in [6.45, 7) is 4.28. The van der Waals surface area contributed by atoms with Gasteiger partial charge in [0.05, 0.1) is 21.6 Å². The van der Waals surface area contributed by atoms with Gasteiger partial charge in [-0.1, -0.05) is 47.5 Å². The minimum absolute atomic E-state index is 0.715. The van der Waals surface area contributed by atoms with Gasteiger partial charge in [-0.2, -0.15) is 0 Å². The van der Waals surface area contributed by atoms with Crippen molar-refractivity contribution < 1.29 is 0 Å². The molecule has 0 atom stereocenters. The number of para-hydroxylation sites is 2. The van der Waals surface area contributed by atoms with Gasteiger partial charge in [0.25, 0.3) is 0 Å². The van der Waals surface area contributed by atoms with E-state index in [1.807, 2.05) is 18.2 Å². The van der Waals surface area contributed by atoms with Crippen molar-refractivity contribution in [2.45, 2.75) is 13.8 Å². The summed E-state index contributed by atoms with van der Waals surface area (Å²) < 4.78 is 3.09. The summed E-state index contributed by atoms with van der Waals surface area (Å²) in [7, 11) is 0. The van der Waals surface area contributed by atoms with E-state index >= 15 is 0 Å². The summed E-state index contributed by atoms with van der Waals surface area (Å²) in [5.74, 6) is 0. The number of fused-ring (bicyclic) bond motifs is 8. The molecule has 0 aliphatic rings. The minimum atomic E-state index is 0.715. The molecule has 25 heavy (non-hydrogen) atoms. The molecule has 0 amide bonds. The minimum Gasteiger partial charge on any atom is -0.290 e. The van der Waals surface area contributed by atoms with E-state index in [2.05, 4.69) is 64.5 Å². The molecule has 4 heteroatoms. The number of benzene rings is 3. The highest BCUT2D eigenvalue weighted by Crippen LogP contribution is 2.39. The summed E-state index contributed by atoms with van der Waals surface area (Å²) in [5.41, 5.74) is 6.48. The van der Waals surface area contributed by atoms with Crippen LogP contribution >= 0.6 is 27.5 Å². The van der Waals surface area contributed by atoms with Crippen LogP contribution < -0.4 is 0 Å². The van der Waals surface area contributed by atoms with E-state index < -0.39 is 0 Å². The zero-order valence-corrected chi connectivity index (χ0v) is 16.1. The van der Waals surface area contributed by atoms with Gasteiger partial charge in [0.2, 0.25) is 0 Å². The fourth-order valence-corrected chi connectivity index (χ4v) is 4.44. The van der Waals surface area contributed by atoms with Crippen molar-refractivity contribution in [3.05, 3.63) is 69.2 Å². The van der Waals surface area contributed by atoms with Gasteiger partial charge in [0, 0.05) is 15.2 Å². The molecule has 5 rings (SSSR count). The van der Waals surface area contributed by atoms with E-state index in [-0.39, 0.29) is 0 Å². The SMILES string of the molecule is Cc1cc(C)c2c(c1)c1ccc(Br)c(Cl)c1n1c3ccccc3nc21. The lowest BCUT2D eigenvalue weighted by molar-refractivity contribution is 1.30. The molecule has 0 aliphatic heterocycles. The fraction of sp³-hybridized carbons (Fsp3) is 0.0952. The standard InChI is InChI=1S/C21H14BrClN2/c1-11-9-12(2)18-14(10-11)13-7-8-15(22)19(23)20(13)25-17-6-4-3-5-16(17)24-21(18)25/h3-10H,1-2H3. The van der Waals surface area contributed by atoms with Crippen LogP contribution in [0.2, 0.25) is 5.02 Å². The molecule has 3 aromatic carbocycles. The van der Waals surface area contributed by atoms with E-state index in [4.69, 9.17) is 16.6 Å². The predicted molar refractivity (Wildman–Crippen MR) is 110 cm³/mol. The molecule has 0 radical (unpaired) electrons. The van der Waals surface area contributed by atoms with E-state index in [1.165, 1.54) is 21.9 Å². The van der Waals surface area contributed by atoms with E-state index in [0.717, 1.165) is 32.1 Å². The molecule has 2 nitrogen and oxygen atoms in total. The number of halogens is 2. The Balaban J connectivity index is 2.26. The zero-order chi connectivity index (χ0) is 17.3. The third-order valence-corrected chi connectivity index (χ3v) is 6.12. The van der Waals surface area contributed by atoms with Crippen molar-refractivity contribution in [1.82, 2.24) is 9.38 Å². The number of aryl methyl sites for hydroxylation is 2. The van der Waals surface area contributed by atoms with Gasteiger partial charge in [-0.15, -0.1) is 0 Å². The second kappa shape index (κ2) is 5.20. The Bertz CT molecular complexity index is 1330. The van der Waals surface area contributed by atoms with Crippen LogP contribution in [0.3, 0.4) is 0 Å². The molecule has 2 aromatic heterocycles. The maximum Gasteiger partial charge on any atom is 0.146 e. The van der Waals surface area contributed by atoms with Gasteiger partial charge in [0.1, 0.15) is 5.65 Å². The number of rotatable bonds is 0. The Labute approximate surface area is 158 Å². The molecule has 2 heterocycles. The summed E-state index contributed by atoms with van der Waals surface area (Å²) in [6.07, 6.45) is 0. The Morgan fingerprint density at radius 3 is 2.64 bits per heavy atom. The van der Waals surface area contributed by atoms with Crippen molar-refractivity contribution in [1.29, 1.82) is 0 Å². The van der Waals surface area contributed by atoms with Crippen LogP contribution in [0.25, 0.3) is 38.4 Å². The number of aromatic nitrogens is 2. The van der Waals surface area contributed by atoms with Crippen LogP contribution in [-0.2, 0) is 0 Å². The van der Waals surface area contributed by atoms with Crippen LogP contribution in [0.4, 0.5) is 0 Å². The Kier molecular flexibility index (Phi) is 3.16. The maximum absolute atomic E-state index is 6.75. The number of imidazole rings is 1. The lowest BCUT2D eigenvalue weighted by atomic mass is 9.99. The first-order valence-corrected chi connectivity index (χ1v) is 9.31. The largest absolute Gasteiger partial charge is 0.290 e. The number of nitrogens with zero attached hydrogens (tertiary/aromatic N) is 2. The zero-order valence-electron chi connectivity index (χ0n) is 13.8. The van der Waals surface area contributed by atoms with Gasteiger partial charge in [-0.3, -0.25) is 4.40 Å². The summed E-state index contributed by atoms with van der Waals surface area (Å²) >= 11 is 10.3. The van der Waals surface area contributed by atoms with E-state index in [9.17, 15) is 0 Å². The third-order valence-electron chi connectivity index (χ3n) is 4.85. The summed E-state index contributed by atoms with van der Waals surface area (Å²) in [5, 5.41) is 4.25. The van der Waals surface area contributed by atoms with Crippen molar-refractivity contribution in [2.24, 2.45) is 0 Å². The highest BCUT2D eigenvalue weighted by molar-refractivity contribution is 9.10. The molecule has 122 valence electrons. The average molecular weight is 410 g/mol. The molecule has 0 bridgehead atoms. The smallest absolute Gasteiger partial charge is 0.146 e. The molecule has 0 aliphatic carbocycles. The molecular weight excluding hydrogens is 396 g/mol. The Morgan fingerprint density at radius 1 is 1.00 bits per heavy atom. The highest BCUT2D eigenvalue weighted by atomic mass is 79.9. The van der Waals surface area contributed by atoms with Crippen molar-refractivity contribution >= 4 is 65.9 Å². The number of hydrogen-bond donors (Lipinski definition) is 0. The monoisotopic (exact) mass is 408 g/mol. The van der Waals surface area contributed by atoms with Gasteiger partial charge in [0.15, 0.2) is 0 Å². The molecule has 0 spiro atoms. The first kappa shape index (κ1) is 15.2. The number of pyridine rings is 1. The normalized spacial score (nSPS) is 12.0. The summed E-state index contributed by atoms with van der Waals surface area (Å²) in [4.78, 5) is 4.94. The van der Waals surface area contributed by atoms with Crippen molar-refractivity contribution in [3.63, 3.8) is 0 Å². The Morgan fingerprint density at radius 2 is 1.80 bits per heavy atom. The van der Waals surface area contributed by atoms with Crippen LogP contribution in [-0.4, -0.2) is 9.38 Å². The average Bonchev–Trinajstić information content (AvgIpc) is 2.96. The number of hydrogen-bond acceptors (Lipinski definition) is 1. The maximum atomic E-state index is 6.75. The molecular formula is C21H14BrClN2. The van der Waals surface area contributed by atoms with Gasteiger partial charge < -0.3 is 0 Å². The van der Waals surface area contributed by atoms with Gasteiger partial charge in [-0.25, -0.2) is 4.98 Å². The quantitative estimate of drug-likeness (QED) is 0.256. The predicted octanol–water partition coefficient (Wildman–Crippen LogP) is 6.83. The molecule has 0 saturated carbocycles. The topological polar surface area (TPSA) is 17.3 Å². The molecule has 0 N–H and O–H groups in total. The first-order valence-electron chi connectivity index (χ1n) is 8.14. The van der Waals surface area contributed by atoms with Gasteiger partial charge in [-0.05, 0) is 58.9 Å². The molecule has 0 fully saturated rings. The molecule has 5 aromatic rings. The van der Waals surface area contributed by atoms with E-state index in [1.54, 1.807) is 0 Å². The highest BCUT2D eigenvalue weighted by Gasteiger charge is 2.18. The summed E-state index contributed by atoms with van der Waals surface area (Å²) in [6, 6.07) is 16.8. The lowest BCUT2D eigenvalue weighted by Gasteiger charge is -2.13. The lowest BCUT2D eigenvalue weighted by Crippen LogP contribution is -1.95. The van der Waals surface area contributed by atoms with Crippen molar-refractivity contribution in [2.75, 3.05) is 0 Å². The third kappa shape index (κ3) is 2.00. The van der Waals surface area contributed by atoms with Crippen LogP contribution in [0.5, 0.6) is 0 Å². The van der Waals surface area contributed by atoms with Gasteiger partial charge >= 0.3 is 0 Å². The molecule has 0 saturated heterocycles. The van der Waals surface area contributed by atoms with E-state index in [0.29, 0.717) is 5.02 Å². The Hall–Kier alpha value is -2.10. The molecule has 0 unspecified atom stereocenters. The second-order valence-corrected chi connectivity index (χ2v) is 7.75. The fourth-order valence-electron chi connectivity index (χ4n) is 3.87. The first-order chi connectivity index (χ1) is 12.1. The second-order valence-electron chi connectivity index (χ2n) is 6.52. The van der Waals surface area contributed by atoms with Crippen LogP contribution in [0.15, 0.2) is 53.0 Å².